The predicted octanol–water partition coefficient (Wildman–Crippen LogP) is 3.23. The first-order chi connectivity index (χ1) is 8.26. The molecule has 0 spiro atoms. The SMILES string of the molecule is CCN(CCOC)CC1(CS)CCCCCC1. The molecule has 2 nitrogen and oxygen atoms in total. The fourth-order valence-corrected chi connectivity index (χ4v) is 3.30. The molecule has 0 aliphatic heterocycles. The summed E-state index contributed by atoms with van der Waals surface area (Å²) in [6.45, 7) is 6.48. The Labute approximate surface area is 113 Å². The molecule has 1 aliphatic carbocycles. The minimum Gasteiger partial charge on any atom is -0.383 e. The normalized spacial score (nSPS) is 20.5. The summed E-state index contributed by atoms with van der Waals surface area (Å²) in [6, 6.07) is 0. The predicted molar refractivity (Wildman–Crippen MR) is 78.0 cm³/mol. The molecule has 1 aliphatic rings. The zero-order valence-electron chi connectivity index (χ0n) is 11.6. The van der Waals surface area contributed by atoms with Gasteiger partial charge in [-0.15, -0.1) is 0 Å². The number of ether oxygens (including phenoxy) is 1. The van der Waals surface area contributed by atoms with Crippen LogP contribution in [0.25, 0.3) is 0 Å². The van der Waals surface area contributed by atoms with Crippen molar-refractivity contribution in [3.63, 3.8) is 0 Å². The maximum absolute atomic E-state index is 5.19. The molecule has 3 heteroatoms. The summed E-state index contributed by atoms with van der Waals surface area (Å²) in [6.07, 6.45) is 8.34. The first kappa shape index (κ1) is 15.3. The van der Waals surface area contributed by atoms with Crippen LogP contribution in [-0.2, 0) is 4.74 Å². The van der Waals surface area contributed by atoms with Crippen molar-refractivity contribution in [2.45, 2.75) is 45.4 Å². The lowest BCUT2D eigenvalue weighted by Gasteiger charge is -2.36. The Balaban J connectivity index is 2.51. The van der Waals surface area contributed by atoms with E-state index in [0.29, 0.717) is 5.41 Å². The molecule has 0 heterocycles. The van der Waals surface area contributed by atoms with Gasteiger partial charge in [0.05, 0.1) is 6.61 Å². The smallest absolute Gasteiger partial charge is 0.0589 e. The van der Waals surface area contributed by atoms with Gasteiger partial charge in [-0.05, 0) is 30.6 Å². The highest BCUT2D eigenvalue weighted by Crippen LogP contribution is 2.36. The summed E-state index contributed by atoms with van der Waals surface area (Å²) in [5.41, 5.74) is 0.462. The summed E-state index contributed by atoms with van der Waals surface area (Å²) in [5.74, 6) is 1.04. The van der Waals surface area contributed by atoms with Gasteiger partial charge < -0.3 is 9.64 Å². The van der Waals surface area contributed by atoms with Crippen LogP contribution in [0.5, 0.6) is 0 Å². The van der Waals surface area contributed by atoms with E-state index in [4.69, 9.17) is 4.74 Å². The van der Waals surface area contributed by atoms with E-state index < -0.39 is 0 Å². The van der Waals surface area contributed by atoms with Crippen LogP contribution in [-0.4, -0.2) is 44.0 Å². The maximum atomic E-state index is 5.19. The van der Waals surface area contributed by atoms with Gasteiger partial charge in [-0.2, -0.15) is 12.6 Å². The molecule has 1 rings (SSSR count). The van der Waals surface area contributed by atoms with Gasteiger partial charge in [0.25, 0.3) is 0 Å². The van der Waals surface area contributed by atoms with Gasteiger partial charge >= 0.3 is 0 Å². The number of likely N-dealkylation sites (N-methyl/N-ethyl adjacent to an activating group) is 1. The van der Waals surface area contributed by atoms with E-state index in [2.05, 4.69) is 24.5 Å². The van der Waals surface area contributed by atoms with Crippen LogP contribution >= 0.6 is 12.6 Å². The van der Waals surface area contributed by atoms with E-state index in [0.717, 1.165) is 25.4 Å². The third-order valence-corrected chi connectivity index (χ3v) is 4.79. The van der Waals surface area contributed by atoms with Crippen LogP contribution in [0, 0.1) is 5.41 Å². The lowest BCUT2D eigenvalue weighted by molar-refractivity contribution is 0.110. The monoisotopic (exact) mass is 259 g/mol. The highest BCUT2D eigenvalue weighted by Gasteiger charge is 2.31. The molecule has 0 radical (unpaired) electrons. The standard InChI is InChI=1S/C14H29NOS/c1-3-15(10-11-16-2)12-14(13-17)8-6-4-5-7-9-14/h17H,3-13H2,1-2H3. The summed E-state index contributed by atoms with van der Waals surface area (Å²) in [5, 5.41) is 0. The highest BCUT2D eigenvalue weighted by molar-refractivity contribution is 7.80. The largest absolute Gasteiger partial charge is 0.383 e. The van der Waals surface area contributed by atoms with E-state index in [1.165, 1.54) is 45.1 Å². The Morgan fingerprint density at radius 1 is 1.18 bits per heavy atom. The van der Waals surface area contributed by atoms with Crippen LogP contribution in [0.4, 0.5) is 0 Å². The molecule has 0 atom stereocenters. The molecular weight excluding hydrogens is 230 g/mol. The minimum absolute atomic E-state index is 0.462. The summed E-state index contributed by atoms with van der Waals surface area (Å²) in [4.78, 5) is 2.53. The van der Waals surface area contributed by atoms with Gasteiger partial charge in [0.15, 0.2) is 0 Å². The number of hydrogen-bond donors (Lipinski definition) is 1. The molecule has 1 fully saturated rings. The van der Waals surface area contributed by atoms with E-state index in [1.807, 2.05) is 0 Å². The highest BCUT2D eigenvalue weighted by atomic mass is 32.1. The molecule has 0 aromatic carbocycles. The summed E-state index contributed by atoms with van der Waals surface area (Å²) in [7, 11) is 1.79. The van der Waals surface area contributed by atoms with Crippen molar-refractivity contribution in [3.8, 4) is 0 Å². The average molecular weight is 259 g/mol. The first-order valence-electron chi connectivity index (χ1n) is 7.08. The maximum Gasteiger partial charge on any atom is 0.0589 e. The van der Waals surface area contributed by atoms with Gasteiger partial charge in [-0.1, -0.05) is 32.6 Å². The first-order valence-corrected chi connectivity index (χ1v) is 7.72. The van der Waals surface area contributed by atoms with Gasteiger partial charge in [-0.25, -0.2) is 0 Å². The van der Waals surface area contributed by atoms with Crippen molar-refractivity contribution in [2.75, 3.05) is 39.1 Å². The fraction of sp³-hybridized carbons (Fsp3) is 1.00. The quantitative estimate of drug-likeness (QED) is 0.557. The number of nitrogens with zero attached hydrogens (tertiary/aromatic N) is 1. The molecule has 0 aromatic heterocycles. The average Bonchev–Trinajstić information content (AvgIpc) is 2.60. The molecule has 0 bridgehead atoms. The van der Waals surface area contributed by atoms with E-state index in [1.54, 1.807) is 7.11 Å². The number of thiol groups is 1. The van der Waals surface area contributed by atoms with Crippen molar-refractivity contribution >= 4 is 12.6 Å². The Hall–Kier alpha value is 0.270. The van der Waals surface area contributed by atoms with Crippen molar-refractivity contribution < 1.29 is 4.74 Å². The minimum atomic E-state index is 0.462. The molecule has 0 saturated heterocycles. The van der Waals surface area contributed by atoms with Gasteiger partial charge in [0.1, 0.15) is 0 Å². The zero-order valence-corrected chi connectivity index (χ0v) is 12.5. The molecule has 0 N–H and O–H groups in total. The zero-order chi connectivity index (χ0) is 12.6. The molecule has 17 heavy (non-hydrogen) atoms. The molecule has 102 valence electrons. The van der Waals surface area contributed by atoms with Gasteiger partial charge in [-0.3, -0.25) is 0 Å². The molecule has 0 aromatic rings. The Bertz CT molecular complexity index is 191. The lowest BCUT2D eigenvalue weighted by Crippen LogP contribution is -2.40. The topological polar surface area (TPSA) is 12.5 Å². The van der Waals surface area contributed by atoms with Crippen LogP contribution in [0.15, 0.2) is 0 Å². The third kappa shape index (κ3) is 5.19. The summed E-state index contributed by atoms with van der Waals surface area (Å²) >= 11 is 4.64. The van der Waals surface area contributed by atoms with Crippen molar-refractivity contribution in [1.82, 2.24) is 4.90 Å². The van der Waals surface area contributed by atoms with Crippen molar-refractivity contribution in [3.05, 3.63) is 0 Å². The Kier molecular flexibility index (Phi) is 7.56. The van der Waals surface area contributed by atoms with E-state index >= 15 is 0 Å². The van der Waals surface area contributed by atoms with Crippen molar-refractivity contribution in [2.24, 2.45) is 5.41 Å². The van der Waals surface area contributed by atoms with Crippen LogP contribution in [0.3, 0.4) is 0 Å². The van der Waals surface area contributed by atoms with Gasteiger partial charge in [0.2, 0.25) is 0 Å². The second-order valence-electron chi connectivity index (χ2n) is 5.43. The number of rotatable bonds is 7. The molecular formula is C14H29NOS. The lowest BCUT2D eigenvalue weighted by atomic mass is 9.81. The Morgan fingerprint density at radius 3 is 2.29 bits per heavy atom. The van der Waals surface area contributed by atoms with E-state index in [-0.39, 0.29) is 0 Å². The molecule has 0 amide bonds. The summed E-state index contributed by atoms with van der Waals surface area (Å²) < 4.78 is 5.19. The number of hydrogen-bond acceptors (Lipinski definition) is 3. The second kappa shape index (κ2) is 8.39. The third-order valence-electron chi connectivity index (χ3n) is 4.12. The Morgan fingerprint density at radius 2 is 1.82 bits per heavy atom. The number of methoxy groups -OCH3 is 1. The second-order valence-corrected chi connectivity index (χ2v) is 5.75. The van der Waals surface area contributed by atoms with Crippen molar-refractivity contribution in [1.29, 1.82) is 0 Å². The van der Waals surface area contributed by atoms with Gasteiger partial charge in [0, 0.05) is 20.2 Å². The van der Waals surface area contributed by atoms with E-state index in [9.17, 15) is 0 Å². The van der Waals surface area contributed by atoms with Crippen LogP contribution < -0.4 is 0 Å². The molecule has 0 unspecified atom stereocenters. The molecule has 1 saturated carbocycles. The van der Waals surface area contributed by atoms with Crippen LogP contribution in [0.2, 0.25) is 0 Å². The fourth-order valence-electron chi connectivity index (χ4n) is 2.89. The van der Waals surface area contributed by atoms with Crippen LogP contribution in [0.1, 0.15) is 45.4 Å².